The van der Waals surface area contributed by atoms with E-state index in [1.54, 1.807) is 0 Å². The average Bonchev–Trinajstić information content (AvgIpc) is 2.45. The Morgan fingerprint density at radius 1 is 0.700 bits per heavy atom. The van der Waals surface area contributed by atoms with Crippen LogP contribution in [0.5, 0.6) is 0 Å². The van der Waals surface area contributed by atoms with Crippen LogP contribution in [0.4, 0.5) is 0 Å². The molecule has 3 atom stereocenters. The number of rotatable bonds is 14. The SMILES string of the molecule is OCCCC(OCCO)OC(O)CCC(O)OCCO. The van der Waals surface area contributed by atoms with Gasteiger partial charge in [0.2, 0.25) is 0 Å². The third-order valence-corrected chi connectivity index (χ3v) is 2.36. The Labute approximate surface area is 118 Å². The van der Waals surface area contributed by atoms with Crippen molar-refractivity contribution in [2.45, 2.75) is 44.6 Å². The molecule has 8 nitrogen and oxygen atoms in total. The molecule has 0 aromatic carbocycles. The van der Waals surface area contributed by atoms with Gasteiger partial charge in [0.05, 0.1) is 26.4 Å². The molecule has 0 saturated carbocycles. The topological polar surface area (TPSA) is 129 Å². The molecule has 0 amide bonds. The first-order valence-corrected chi connectivity index (χ1v) is 6.71. The highest BCUT2D eigenvalue weighted by Gasteiger charge is 2.16. The summed E-state index contributed by atoms with van der Waals surface area (Å²) in [5.41, 5.74) is 0. The second-order valence-corrected chi connectivity index (χ2v) is 4.11. The summed E-state index contributed by atoms with van der Waals surface area (Å²) in [4.78, 5) is 0. The largest absolute Gasteiger partial charge is 0.396 e. The molecule has 0 aromatic rings. The molecule has 0 heterocycles. The molecule has 0 fully saturated rings. The molecule has 122 valence electrons. The van der Waals surface area contributed by atoms with E-state index in [2.05, 4.69) is 0 Å². The number of aliphatic hydroxyl groups excluding tert-OH is 5. The standard InChI is InChI=1S/C12H26O8/c13-5-1-2-12(19-9-7-15)20-11(17)4-3-10(16)18-8-6-14/h10-17H,1-9H2. The summed E-state index contributed by atoms with van der Waals surface area (Å²) in [6.45, 7) is -0.273. The summed E-state index contributed by atoms with van der Waals surface area (Å²) < 4.78 is 15.2. The van der Waals surface area contributed by atoms with Gasteiger partial charge in [0.1, 0.15) is 0 Å². The van der Waals surface area contributed by atoms with Gasteiger partial charge >= 0.3 is 0 Å². The maximum Gasteiger partial charge on any atom is 0.160 e. The lowest BCUT2D eigenvalue weighted by atomic mass is 10.3. The van der Waals surface area contributed by atoms with Crippen LogP contribution in [-0.2, 0) is 14.2 Å². The molecular weight excluding hydrogens is 272 g/mol. The van der Waals surface area contributed by atoms with Crippen molar-refractivity contribution < 1.29 is 39.7 Å². The number of aliphatic hydroxyl groups is 5. The first kappa shape index (κ1) is 19.7. The predicted molar refractivity (Wildman–Crippen MR) is 68.5 cm³/mol. The first-order valence-electron chi connectivity index (χ1n) is 6.71. The average molecular weight is 298 g/mol. The number of hydrogen-bond donors (Lipinski definition) is 5. The molecule has 0 rings (SSSR count). The Morgan fingerprint density at radius 2 is 1.30 bits per heavy atom. The van der Waals surface area contributed by atoms with Crippen molar-refractivity contribution >= 4 is 0 Å². The first-order chi connectivity index (χ1) is 9.63. The smallest absolute Gasteiger partial charge is 0.160 e. The monoisotopic (exact) mass is 298 g/mol. The van der Waals surface area contributed by atoms with Crippen molar-refractivity contribution in [2.24, 2.45) is 0 Å². The molecule has 0 spiro atoms. The number of ether oxygens (including phenoxy) is 3. The highest BCUT2D eigenvalue weighted by molar-refractivity contribution is 4.52. The van der Waals surface area contributed by atoms with E-state index in [4.69, 9.17) is 29.5 Å². The van der Waals surface area contributed by atoms with Gasteiger partial charge in [-0.3, -0.25) is 0 Å². The molecule has 0 aliphatic heterocycles. The summed E-state index contributed by atoms with van der Waals surface area (Å²) in [5, 5.41) is 44.9. The van der Waals surface area contributed by atoms with Crippen molar-refractivity contribution in [3.8, 4) is 0 Å². The van der Waals surface area contributed by atoms with Crippen LogP contribution in [0.25, 0.3) is 0 Å². The van der Waals surface area contributed by atoms with Gasteiger partial charge in [-0.15, -0.1) is 0 Å². The zero-order chi connectivity index (χ0) is 15.2. The van der Waals surface area contributed by atoms with Crippen LogP contribution in [0.2, 0.25) is 0 Å². The normalized spacial score (nSPS) is 16.1. The molecule has 0 radical (unpaired) electrons. The second kappa shape index (κ2) is 13.7. The van der Waals surface area contributed by atoms with Crippen molar-refractivity contribution in [2.75, 3.05) is 33.0 Å². The number of hydrogen-bond acceptors (Lipinski definition) is 8. The lowest BCUT2D eigenvalue weighted by Gasteiger charge is -2.22. The fourth-order valence-electron chi connectivity index (χ4n) is 1.43. The lowest BCUT2D eigenvalue weighted by molar-refractivity contribution is -0.239. The van der Waals surface area contributed by atoms with Gasteiger partial charge in [0.15, 0.2) is 18.9 Å². The van der Waals surface area contributed by atoms with Crippen molar-refractivity contribution in [1.82, 2.24) is 0 Å². The molecular formula is C12H26O8. The van der Waals surface area contributed by atoms with Crippen LogP contribution in [0, 0.1) is 0 Å². The summed E-state index contributed by atoms with van der Waals surface area (Å²) in [7, 11) is 0. The Kier molecular flexibility index (Phi) is 13.4. The minimum atomic E-state index is -1.15. The zero-order valence-electron chi connectivity index (χ0n) is 11.6. The second-order valence-electron chi connectivity index (χ2n) is 4.11. The lowest BCUT2D eigenvalue weighted by Crippen LogP contribution is -2.27. The Bertz CT molecular complexity index is 196. The maximum atomic E-state index is 9.65. The minimum absolute atomic E-state index is 0.0217. The fourth-order valence-corrected chi connectivity index (χ4v) is 1.43. The van der Waals surface area contributed by atoms with E-state index >= 15 is 0 Å². The molecule has 0 saturated heterocycles. The van der Waals surface area contributed by atoms with Crippen LogP contribution in [0.15, 0.2) is 0 Å². The van der Waals surface area contributed by atoms with Crippen molar-refractivity contribution in [1.29, 1.82) is 0 Å². The highest BCUT2D eigenvalue weighted by atomic mass is 16.7. The van der Waals surface area contributed by atoms with E-state index in [9.17, 15) is 10.2 Å². The molecule has 0 aliphatic rings. The van der Waals surface area contributed by atoms with Gasteiger partial charge < -0.3 is 39.7 Å². The Hall–Kier alpha value is -0.320. The van der Waals surface area contributed by atoms with E-state index < -0.39 is 18.9 Å². The van der Waals surface area contributed by atoms with E-state index in [1.165, 1.54) is 0 Å². The van der Waals surface area contributed by atoms with E-state index in [0.29, 0.717) is 12.8 Å². The van der Waals surface area contributed by atoms with E-state index in [0.717, 1.165) is 0 Å². The third kappa shape index (κ3) is 11.5. The molecule has 20 heavy (non-hydrogen) atoms. The highest BCUT2D eigenvalue weighted by Crippen LogP contribution is 2.11. The molecule has 0 aromatic heterocycles. The molecule has 3 unspecified atom stereocenters. The predicted octanol–water partition coefficient (Wildman–Crippen LogP) is -1.46. The third-order valence-electron chi connectivity index (χ3n) is 2.36. The van der Waals surface area contributed by atoms with Crippen molar-refractivity contribution in [3.05, 3.63) is 0 Å². The van der Waals surface area contributed by atoms with Crippen LogP contribution in [0.1, 0.15) is 25.7 Å². The molecule has 8 heteroatoms. The van der Waals surface area contributed by atoms with Crippen molar-refractivity contribution in [3.63, 3.8) is 0 Å². The van der Waals surface area contributed by atoms with Gasteiger partial charge in [-0.1, -0.05) is 0 Å². The van der Waals surface area contributed by atoms with Crippen LogP contribution < -0.4 is 0 Å². The summed E-state index contributed by atoms with van der Waals surface area (Å²) in [6.07, 6.45) is -1.83. The Balaban J connectivity index is 3.88. The van der Waals surface area contributed by atoms with Crippen LogP contribution >= 0.6 is 0 Å². The summed E-state index contributed by atoms with van der Waals surface area (Å²) >= 11 is 0. The van der Waals surface area contributed by atoms with Crippen LogP contribution in [-0.4, -0.2) is 77.4 Å². The van der Waals surface area contributed by atoms with Gasteiger partial charge in [-0.05, 0) is 6.42 Å². The maximum absolute atomic E-state index is 9.65. The molecule has 0 bridgehead atoms. The minimum Gasteiger partial charge on any atom is -0.396 e. The van der Waals surface area contributed by atoms with Gasteiger partial charge in [-0.2, -0.15) is 0 Å². The quantitative estimate of drug-likeness (QED) is 0.246. The van der Waals surface area contributed by atoms with Gasteiger partial charge in [0, 0.05) is 25.9 Å². The van der Waals surface area contributed by atoms with E-state index in [1.807, 2.05) is 0 Å². The zero-order valence-corrected chi connectivity index (χ0v) is 11.6. The van der Waals surface area contributed by atoms with Gasteiger partial charge in [0.25, 0.3) is 0 Å². The fraction of sp³-hybridized carbons (Fsp3) is 1.00. The van der Waals surface area contributed by atoms with E-state index in [-0.39, 0.29) is 45.9 Å². The Morgan fingerprint density at radius 3 is 1.90 bits per heavy atom. The molecule has 0 aliphatic carbocycles. The summed E-state index contributed by atoms with van der Waals surface area (Å²) in [5.74, 6) is 0. The van der Waals surface area contributed by atoms with Gasteiger partial charge in [-0.25, -0.2) is 0 Å². The molecule has 5 N–H and O–H groups in total. The summed E-state index contributed by atoms with van der Waals surface area (Å²) in [6, 6.07) is 0. The van der Waals surface area contributed by atoms with Crippen LogP contribution in [0.3, 0.4) is 0 Å².